The Morgan fingerprint density at radius 1 is 1.33 bits per heavy atom. The van der Waals surface area contributed by atoms with Crippen LogP contribution in [0.15, 0.2) is 34.7 Å². The molecule has 1 aromatic carbocycles. The monoisotopic (exact) mass is 475 g/mol. The molecule has 0 unspecified atom stereocenters. The number of carboxylic acids is 1. The summed E-state index contributed by atoms with van der Waals surface area (Å²) in [6.45, 7) is 4.33. The summed E-state index contributed by atoms with van der Waals surface area (Å²) in [4.78, 5) is 32.0. The van der Waals surface area contributed by atoms with Crippen molar-refractivity contribution in [1.29, 1.82) is 0 Å². The molecular weight excluding hydrogens is 446 g/mol. The lowest BCUT2D eigenvalue weighted by atomic mass is 10.0. The number of aromatic nitrogens is 1. The van der Waals surface area contributed by atoms with Gasteiger partial charge in [-0.25, -0.2) is 4.98 Å². The second kappa shape index (κ2) is 12.3. The Balaban J connectivity index is 1.69. The molecular formula is C22H29N5O5S. The normalized spacial score (nSPS) is 15.0. The number of hydrazone groups is 1. The molecule has 11 heteroatoms. The number of nitrogens with one attached hydrogen (secondary N) is 1. The Morgan fingerprint density at radius 3 is 2.70 bits per heavy atom. The molecule has 1 aliphatic rings. The average molecular weight is 476 g/mol. The molecule has 1 saturated heterocycles. The number of carboxylic acid groups (broad SMARTS) is 1. The zero-order chi connectivity index (χ0) is 23.6. The number of carbonyl (C=O) groups is 2. The Labute approximate surface area is 196 Å². The van der Waals surface area contributed by atoms with Crippen LogP contribution in [0, 0.1) is 0 Å². The van der Waals surface area contributed by atoms with Crippen molar-refractivity contribution in [1.82, 2.24) is 15.5 Å². The molecule has 0 radical (unpaired) electrons. The molecule has 1 fully saturated rings. The van der Waals surface area contributed by atoms with Crippen LogP contribution in [0.1, 0.15) is 31.7 Å². The third-order valence-corrected chi connectivity index (χ3v) is 6.32. The van der Waals surface area contributed by atoms with E-state index in [1.54, 1.807) is 12.5 Å². The van der Waals surface area contributed by atoms with Gasteiger partial charge in [-0.05, 0) is 25.3 Å². The van der Waals surface area contributed by atoms with E-state index in [-0.39, 0.29) is 25.0 Å². The maximum absolute atomic E-state index is 11.8. The maximum atomic E-state index is 11.8. The minimum absolute atomic E-state index is 0.0326. The van der Waals surface area contributed by atoms with Crippen molar-refractivity contribution in [2.24, 2.45) is 5.10 Å². The summed E-state index contributed by atoms with van der Waals surface area (Å²) in [5, 5.41) is 24.1. The molecule has 2 aromatic rings. The number of thiazole rings is 1. The van der Waals surface area contributed by atoms with Gasteiger partial charge in [-0.15, -0.1) is 11.3 Å². The first-order valence-electron chi connectivity index (χ1n) is 10.8. The Bertz CT molecular complexity index is 941. The van der Waals surface area contributed by atoms with Crippen LogP contribution in [0.4, 0.5) is 5.13 Å². The molecule has 33 heavy (non-hydrogen) atoms. The molecule has 0 amide bonds. The topological polar surface area (TPSA) is 128 Å². The van der Waals surface area contributed by atoms with E-state index in [0.717, 1.165) is 47.9 Å². The van der Waals surface area contributed by atoms with E-state index < -0.39 is 5.97 Å². The van der Waals surface area contributed by atoms with Crippen molar-refractivity contribution in [3.05, 3.63) is 35.2 Å². The van der Waals surface area contributed by atoms with Crippen LogP contribution >= 0.6 is 11.3 Å². The number of anilines is 1. The summed E-state index contributed by atoms with van der Waals surface area (Å²) in [6.07, 6.45) is 3.17. The van der Waals surface area contributed by atoms with Crippen molar-refractivity contribution in [2.75, 3.05) is 37.7 Å². The molecule has 1 aromatic heterocycles. The summed E-state index contributed by atoms with van der Waals surface area (Å²) in [7, 11) is 0. The predicted octanol–water partition coefficient (Wildman–Crippen LogP) is 2.43. The molecule has 0 saturated carbocycles. The zero-order valence-corrected chi connectivity index (χ0v) is 19.3. The van der Waals surface area contributed by atoms with Gasteiger partial charge in [0.15, 0.2) is 5.13 Å². The van der Waals surface area contributed by atoms with E-state index in [2.05, 4.69) is 14.9 Å². The van der Waals surface area contributed by atoms with Crippen LogP contribution in [0.25, 0.3) is 11.3 Å². The largest absolute Gasteiger partial charge is 0.481 e. The number of hydrogen-bond donors (Lipinski definition) is 3. The van der Waals surface area contributed by atoms with Crippen molar-refractivity contribution >= 4 is 34.6 Å². The molecule has 10 nitrogen and oxygen atoms in total. The molecule has 0 spiro atoms. The number of nitrogens with zero attached hydrogens (tertiary/aromatic N) is 4. The molecule has 0 atom stereocenters. The van der Waals surface area contributed by atoms with Gasteiger partial charge in [0.05, 0.1) is 31.5 Å². The quantitative estimate of drug-likeness (QED) is 0.255. The van der Waals surface area contributed by atoms with Gasteiger partial charge in [0.25, 0.3) is 0 Å². The number of aliphatic carboxylic acids is 1. The molecule has 0 aliphatic carbocycles. The number of rotatable bonds is 11. The Morgan fingerprint density at radius 2 is 2.06 bits per heavy atom. The van der Waals surface area contributed by atoms with Gasteiger partial charge in [0, 0.05) is 36.6 Å². The van der Waals surface area contributed by atoms with E-state index in [1.807, 2.05) is 29.6 Å². The van der Waals surface area contributed by atoms with Crippen molar-refractivity contribution < 1.29 is 24.6 Å². The molecule has 3 N–H and O–H groups in total. The second-order valence-corrected chi connectivity index (χ2v) is 8.48. The summed E-state index contributed by atoms with van der Waals surface area (Å²) < 4.78 is 5.04. The highest BCUT2D eigenvalue weighted by Gasteiger charge is 2.28. The minimum atomic E-state index is -0.842. The van der Waals surface area contributed by atoms with Gasteiger partial charge in [-0.2, -0.15) is 10.7 Å². The molecule has 1 aliphatic heterocycles. The first-order valence-corrected chi connectivity index (χ1v) is 11.7. The Kier molecular flexibility index (Phi) is 9.16. The lowest BCUT2D eigenvalue weighted by Crippen LogP contribution is -2.47. The van der Waals surface area contributed by atoms with Crippen molar-refractivity contribution in [3.8, 4) is 11.3 Å². The lowest BCUT2D eigenvalue weighted by Gasteiger charge is -2.38. The molecule has 2 heterocycles. The summed E-state index contributed by atoms with van der Waals surface area (Å²) in [6, 6.07) is 7.75. The zero-order valence-electron chi connectivity index (χ0n) is 18.5. The first kappa shape index (κ1) is 24.6. The first-order chi connectivity index (χ1) is 16.0. The summed E-state index contributed by atoms with van der Waals surface area (Å²) in [5.41, 5.74) is 4.32. The average Bonchev–Trinajstić information content (AvgIpc) is 3.29. The number of piperidine rings is 1. The van der Waals surface area contributed by atoms with E-state index >= 15 is 0 Å². The number of carbonyl (C=O) groups excluding carboxylic acids is 1. The predicted molar refractivity (Wildman–Crippen MR) is 126 cm³/mol. The fourth-order valence-electron chi connectivity index (χ4n) is 3.80. The Hall–Kier alpha value is -3.02. The third kappa shape index (κ3) is 7.24. The smallest absolute Gasteiger partial charge is 0.320 e. The fraction of sp³-hybridized carbons (Fsp3) is 0.455. The highest BCUT2D eigenvalue weighted by Crippen LogP contribution is 2.31. The highest BCUT2D eigenvalue weighted by atomic mass is 32.1. The third-order valence-electron chi connectivity index (χ3n) is 5.44. The fourth-order valence-corrected chi connectivity index (χ4v) is 4.73. The number of benzene rings is 1. The van der Waals surface area contributed by atoms with E-state index in [1.165, 1.54) is 17.6 Å². The van der Waals surface area contributed by atoms with Gasteiger partial charge in [0.2, 0.25) is 0 Å². The molecule has 0 bridgehead atoms. The van der Waals surface area contributed by atoms with Gasteiger partial charge in [-0.3, -0.25) is 19.7 Å². The SMILES string of the molecule is CCOC(=O)CN1CCC(N(CCC(=O)O)c2nc(-c3ccc(C=NNO)cc3)cs2)CC1. The van der Waals surface area contributed by atoms with Crippen molar-refractivity contribution in [2.45, 2.75) is 32.2 Å². The number of ether oxygens (including phenoxy) is 1. The van der Waals surface area contributed by atoms with E-state index in [4.69, 9.17) is 14.9 Å². The van der Waals surface area contributed by atoms with Gasteiger partial charge < -0.3 is 14.7 Å². The standard InChI is InChI=1S/C22H29N5O5S/c1-2-32-21(30)14-26-10-7-18(8-11-26)27(12-9-20(28)29)22-24-19(15-33-22)17-5-3-16(4-6-17)13-23-25-31/h3-6,13,15,18,25,31H,2,7-12,14H2,1H3,(H,28,29). The number of hydrogen-bond acceptors (Lipinski definition) is 10. The minimum Gasteiger partial charge on any atom is -0.481 e. The summed E-state index contributed by atoms with van der Waals surface area (Å²) >= 11 is 1.50. The van der Waals surface area contributed by atoms with E-state index in [9.17, 15) is 14.7 Å². The summed E-state index contributed by atoms with van der Waals surface area (Å²) in [5.74, 6) is -1.06. The molecule has 3 rings (SSSR count). The van der Waals surface area contributed by atoms with Gasteiger partial charge in [-0.1, -0.05) is 24.3 Å². The van der Waals surface area contributed by atoms with Crippen LogP contribution in [0.2, 0.25) is 0 Å². The van der Waals surface area contributed by atoms with Crippen LogP contribution in [-0.4, -0.2) is 77.2 Å². The van der Waals surface area contributed by atoms with Crippen LogP contribution in [0.5, 0.6) is 0 Å². The van der Waals surface area contributed by atoms with Gasteiger partial charge in [0.1, 0.15) is 0 Å². The number of likely N-dealkylation sites (tertiary alicyclic amines) is 1. The highest BCUT2D eigenvalue weighted by molar-refractivity contribution is 7.14. The molecule has 178 valence electrons. The lowest BCUT2D eigenvalue weighted by molar-refractivity contribution is -0.144. The van der Waals surface area contributed by atoms with Crippen LogP contribution in [-0.2, 0) is 14.3 Å². The second-order valence-electron chi connectivity index (χ2n) is 7.65. The number of esters is 1. The maximum Gasteiger partial charge on any atom is 0.320 e. The van der Waals surface area contributed by atoms with Gasteiger partial charge >= 0.3 is 11.9 Å². The van der Waals surface area contributed by atoms with Crippen LogP contribution < -0.4 is 10.5 Å². The van der Waals surface area contributed by atoms with E-state index in [0.29, 0.717) is 13.2 Å². The van der Waals surface area contributed by atoms with Crippen molar-refractivity contribution in [3.63, 3.8) is 0 Å². The van der Waals surface area contributed by atoms with Crippen LogP contribution in [0.3, 0.4) is 0 Å².